The highest BCUT2D eigenvalue weighted by Crippen LogP contribution is 2.40. The fourth-order valence-electron chi connectivity index (χ4n) is 4.39. The average Bonchev–Trinajstić information content (AvgIpc) is 3.10. The van der Waals surface area contributed by atoms with Crippen molar-refractivity contribution in [2.24, 2.45) is 0 Å². The van der Waals surface area contributed by atoms with E-state index in [0.29, 0.717) is 13.0 Å². The van der Waals surface area contributed by atoms with Crippen LogP contribution in [0.25, 0.3) is 11.3 Å². The summed E-state index contributed by atoms with van der Waals surface area (Å²) >= 11 is 0. The van der Waals surface area contributed by atoms with Gasteiger partial charge in [0.2, 0.25) is 0 Å². The van der Waals surface area contributed by atoms with Crippen molar-refractivity contribution < 1.29 is 14.9 Å². The van der Waals surface area contributed by atoms with Gasteiger partial charge in [0.1, 0.15) is 6.10 Å². The van der Waals surface area contributed by atoms with Crippen LogP contribution < -0.4 is 0 Å². The smallest absolute Gasteiger partial charge is 0.111 e. The highest BCUT2D eigenvalue weighted by molar-refractivity contribution is 5.62. The molecule has 3 N–H and O–H groups in total. The van der Waals surface area contributed by atoms with Crippen molar-refractivity contribution in [3.8, 4) is 11.3 Å². The monoisotopic (exact) mass is 371 g/mol. The largest absolute Gasteiger partial charge is 0.387 e. The molecule has 1 spiro atoms. The first-order valence-corrected chi connectivity index (χ1v) is 9.76. The molecule has 6 nitrogen and oxygen atoms in total. The standard InChI is InChI=1S/C21H29N3O3/c1-15-3-5-16(6-4-15)18-17(13-22-23-18)14-24-10-7-21(8-11-24)19(25)20(2,26)9-12-27-21/h3-6,13,19,25-26H,7-12,14H2,1-2H3,(H,22,23)/t19-,20+/m0/s1. The van der Waals surface area contributed by atoms with Gasteiger partial charge < -0.3 is 14.9 Å². The third-order valence-electron chi connectivity index (χ3n) is 6.24. The minimum absolute atomic E-state index is 0.481. The zero-order valence-corrected chi connectivity index (χ0v) is 16.1. The van der Waals surface area contributed by atoms with Crippen LogP contribution in [0.2, 0.25) is 0 Å². The number of hydrogen-bond donors (Lipinski definition) is 3. The van der Waals surface area contributed by atoms with Crippen LogP contribution in [0, 0.1) is 6.92 Å². The minimum Gasteiger partial charge on any atom is -0.387 e. The van der Waals surface area contributed by atoms with E-state index in [4.69, 9.17) is 4.74 Å². The van der Waals surface area contributed by atoms with Gasteiger partial charge >= 0.3 is 0 Å². The molecule has 1 aromatic carbocycles. The Bertz CT molecular complexity index is 776. The van der Waals surface area contributed by atoms with Crippen LogP contribution in [-0.4, -0.2) is 62.3 Å². The van der Waals surface area contributed by atoms with Crippen molar-refractivity contribution in [2.45, 2.75) is 57.0 Å². The molecule has 2 aliphatic heterocycles. The summed E-state index contributed by atoms with van der Waals surface area (Å²) in [6.45, 7) is 6.76. The molecule has 2 aliphatic rings. The van der Waals surface area contributed by atoms with E-state index in [2.05, 4.69) is 46.3 Å². The molecular formula is C21H29N3O3. The lowest BCUT2D eigenvalue weighted by molar-refractivity contribution is -0.246. The number of aromatic amines is 1. The number of hydrogen-bond acceptors (Lipinski definition) is 5. The summed E-state index contributed by atoms with van der Waals surface area (Å²) < 4.78 is 5.99. The summed E-state index contributed by atoms with van der Waals surface area (Å²) in [5, 5.41) is 28.5. The molecule has 0 radical (unpaired) electrons. The molecule has 0 unspecified atom stereocenters. The Kier molecular flexibility index (Phi) is 4.84. The predicted molar refractivity (Wildman–Crippen MR) is 103 cm³/mol. The van der Waals surface area contributed by atoms with Crippen LogP contribution >= 0.6 is 0 Å². The number of nitrogens with zero attached hydrogens (tertiary/aromatic N) is 2. The van der Waals surface area contributed by atoms with E-state index in [0.717, 1.165) is 43.7 Å². The van der Waals surface area contributed by atoms with Gasteiger partial charge in [-0.1, -0.05) is 29.8 Å². The van der Waals surface area contributed by atoms with Crippen LogP contribution in [0.3, 0.4) is 0 Å². The van der Waals surface area contributed by atoms with Crippen molar-refractivity contribution in [1.82, 2.24) is 15.1 Å². The minimum atomic E-state index is -1.07. The first-order chi connectivity index (χ1) is 12.9. The van der Waals surface area contributed by atoms with Crippen LogP contribution in [-0.2, 0) is 11.3 Å². The normalized spacial score (nSPS) is 28.5. The van der Waals surface area contributed by atoms with Crippen molar-refractivity contribution in [3.05, 3.63) is 41.6 Å². The second-order valence-electron chi connectivity index (χ2n) is 8.34. The Hall–Kier alpha value is -1.73. The predicted octanol–water partition coefficient (Wildman–Crippen LogP) is 2.25. The van der Waals surface area contributed by atoms with Crippen molar-refractivity contribution in [1.29, 1.82) is 0 Å². The number of piperidine rings is 1. The maximum Gasteiger partial charge on any atom is 0.111 e. The number of H-pyrrole nitrogens is 1. The molecule has 0 saturated carbocycles. The summed E-state index contributed by atoms with van der Waals surface area (Å²) in [4.78, 5) is 2.37. The Labute approximate surface area is 160 Å². The van der Waals surface area contributed by atoms with Crippen molar-refractivity contribution >= 4 is 0 Å². The third kappa shape index (κ3) is 3.55. The van der Waals surface area contributed by atoms with E-state index in [-0.39, 0.29) is 0 Å². The van der Waals surface area contributed by atoms with E-state index in [1.165, 1.54) is 11.1 Å². The van der Waals surface area contributed by atoms with Gasteiger partial charge in [0.25, 0.3) is 0 Å². The Morgan fingerprint density at radius 1 is 1.22 bits per heavy atom. The molecule has 2 fully saturated rings. The molecule has 4 rings (SSSR count). The highest BCUT2D eigenvalue weighted by Gasteiger charge is 2.52. The maximum atomic E-state index is 10.7. The summed E-state index contributed by atoms with van der Waals surface area (Å²) in [5.74, 6) is 0. The molecular weight excluding hydrogens is 342 g/mol. The van der Waals surface area contributed by atoms with Crippen LogP contribution in [0.15, 0.2) is 30.5 Å². The number of aliphatic hydroxyl groups is 2. The van der Waals surface area contributed by atoms with Crippen molar-refractivity contribution in [3.63, 3.8) is 0 Å². The second kappa shape index (κ2) is 7.02. The lowest BCUT2D eigenvalue weighted by Gasteiger charge is -2.51. The molecule has 2 aromatic rings. The van der Waals surface area contributed by atoms with Gasteiger partial charge in [-0.3, -0.25) is 10.00 Å². The van der Waals surface area contributed by atoms with Gasteiger partial charge in [-0.2, -0.15) is 5.10 Å². The van der Waals surface area contributed by atoms with Gasteiger partial charge in [0.05, 0.1) is 29.7 Å². The third-order valence-corrected chi connectivity index (χ3v) is 6.24. The van der Waals surface area contributed by atoms with E-state index in [1.54, 1.807) is 6.92 Å². The summed E-state index contributed by atoms with van der Waals surface area (Å²) in [6, 6.07) is 8.45. The number of nitrogens with one attached hydrogen (secondary N) is 1. The Balaban J connectivity index is 1.43. The number of likely N-dealkylation sites (tertiary alicyclic amines) is 1. The topological polar surface area (TPSA) is 81.6 Å². The number of aliphatic hydroxyl groups excluding tert-OH is 1. The SMILES string of the molecule is Cc1ccc(-c2[nH]ncc2CN2CCC3(CC2)OCC[C@@](C)(O)[C@@H]3O)cc1. The van der Waals surface area contributed by atoms with Gasteiger partial charge in [-0.05, 0) is 32.3 Å². The number of benzene rings is 1. The van der Waals surface area contributed by atoms with E-state index >= 15 is 0 Å². The summed E-state index contributed by atoms with van der Waals surface area (Å²) in [5.41, 5.74) is 2.93. The first-order valence-electron chi connectivity index (χ1n) is 9.76. The molecule has 0 amide bonds. The number of rotatable bonds is 3. The fourth-order valence-corrected chi connectivity index (χ4v) is 4.39. The fraction of sp³-hybridized carbons (Fsp3) is 0.571. The maximum absolute atomic E-state index is 10.7. The molecule has 2 saturated heterocycles. The average molecular weight is 371 g/mol. The number of aryl methyl sites for hydroxylation is 1. The molecule has 0 aliphatic carbocycles. The van der Waals surface area contributed by atoms with E-state index < -0.39 is 17.3 Å². The van der Waals surface area contributed by atoms with Gasteiger partial charge in [0, 0.05) is 31.6 Å². The molecule has 6 heteroatoms. The lowest BCUT2D eigenvalue weighted by atomic mass is 9.75. The van der Waals surface area contributed by atoms with Crippen molar-refractivity contribution in [2.75, 3.05) is 19.7 Å². The molecule has 1 aromatic heterocycles. The molecule has 2 atom stereocenters. The summed E-state index contributed by atoms with van der Waals surface area (Å²) in [6.07, 6.45) is 2.99. The molecule has 146 valence electrons. The van der Waals surface area contributed by atoms with Crippen LogP contribution in [0.5, 0.6) is 0 Å². The zero-order valence-electron chi connectivity index (χ0n) is 16.1. The van der Waals surface area contributed by atoms with Crippen LogP contribution in [0.1, 0.15) is 37.3 Å². The van der Waals surface area contributed by atoms with Crippen LogP contribution in [0.4, 0.5) is 0 Å². The summed E-state index contributed by atoms with van der Waals surface area (Å²) in [7, 11) is 0. The zero-order chi connectivity index (χ0) is 19.1. The Morgan fingerprint density at radius 2 is 1.93 bits per heavy atom. The quantitative estimate of drug-likeness (QED) is 0.771. The molecule has 3 heterocycles. The lowest BCUT2D eigenvalue weighted by Crippen LogP contribution is -2.64. The second-order valence-corrected chi connectivity index (χ2v) is 8.34. The number of aromatic nitrogens is 2. The Morgan fingerprint density at radius 3 is 2.63 bits per heavy atom. The molecule has 0 bridgehead atoms. The number of ether oxygens (including phenoxy) is 1. The van der Waals surface area contributed by atoms with E-state index in [9.17, 15) is 10.2 Å². The van der Waals surface area contributed by atoms with Gasteiger partial charge in [-0.15, -0.1) is 0 Å². The first kappa shape index (κ1) is 18.6. The van der Waals surface area contributed by atoms with Gasteiger partial charge in [0.15, 0.2) is 0 Å². The van der Waals surface area contributed by atoms with Gasteiger partial charge in [-0.25, -0.2) is 0 Å². The van der Waals surface area contributed by atoms with E-state index in [1.807, 2.05) is 6.20 Å². The highest BCUT2D eigenvalue weighted by atomic mass is 16.5. The molecule has 27 heavy (non-hydrogen) atoms.